The van der Waals surface area contributed by atoms with E-state index in [1.807, 2.05) is 24.3 Å². The van der Waals surface area contributed by atoms with Gasteiger partial charge in [-0.1, -0.05) is 29.5 Å². The van der Waals surface area contributed by atoms with Crippen LogP contribution in [0, 0.1) is 24.2 Å². The average Bonchev–Trinajstić information content (AvgIpc) is 3.24. The number of aliphatic imine (C=N–C) groups is 1. The lowest BCUT2D eigenvalue weighted by atomic mass is 10.1. The van der Waals surface area contributed by atoms with E-state index in [9.17, 15) is 25.3 Å². The van der Waals surface area contributed by atoms with Crippen LogP contribution < -0.4 is 5.43 Å². The maximum absolute atomic E-state index is 11.3. The normalized spacial score (nSPS) is 13.4. The Labute approximate surface area is 177 Å². The summed E-state index contributed by atoms with van der Waals surface area (Å²) in [4.78, 5) is 25.5. The highest BCUT2D eigenvalue weighted by molar-refractivity contribution is 7.73. The van der Waals surface area contributed by atoms with Gasteiger partial charge in [0.25, 0.3) is 5.69 Å². The molecule has 0 unspecified atom stereocenters. The first-order valence-corrected chi connectivity index (χ1v) is 9.57. The fraction of sp³-hybridized carbons (Fsp3) is 0. The fourth-order valence-electron chi connectivity index (χ4n) is 2.87. The number of para-hydroxylation sites is 1. The number of aromatic nitrogens is 1. The molecule has 10 nitrogen and oxygen atoms in total. The molecular formula is C18H11N5O5S2. The highest BCUT2D eigenvalue weighted by Gasteiger charge is 2.22. The lowest BCUT2D eigenvalue weighted by Gasteiger charge is -2.09. The Balaban J connectivity index is 1.72. The van der Waals surface area contributed by atoms with Crippen LogP contribution in [0.4, 0.5) is 22.7 Å². The van der Waals surface area contributed by atoms with Crippen molar-refractivity contribution in [1.82, 2.24) is 4.68 Å². The topological polar surface area (TPSA) is 136 Å². The van der Waals surface area contributed by atoms with Gasteiger partial charge in [0.2, 0.25) is 5.88 Å². The van der Waals surface area contributed by atoms with Gasteiger partial charge >= 0.3 is 5.69 Å². The largest absolute Gasteiger partial charge is 0.492 e. The minimum Gasteiger partial charge on any atom is -0.492 e. The summed E-state index contributed by atoms with van der Waals surface area (Å²) in [5, 5.41) is 32.9. The van der Waals surface area contributed by atoms with Crippen LogP contribution in [0.1, 0.15) is 10.4 Å². The van der Waals surface area contributed by atoms with Crippen molar-refractivity contribution in [1.29, 1.82) is 0 Å². The molecule has 1 aliphatic rings. The zero-order chi connectivity index (χ0) is 21.4. The molecule has 12 heteroatoms. The molecule has 0 fully saturated rings. The summed E-state index contributed by atoms with van der Waals surface area (Å²) >= 11 is 6.37. The maximum Gasteiger partial charge on any atom is 0.300 e. The second-order valence-electron chi connectivity index (χ2n) is 6.09. The van der Waals surface area contributed by atoms with Crippen LogP contribution in [0.5, 0.6) is 5.88 Å². The molecule has 3 aromatic rings. The summed E-state index contributed by atoms with van der Waals surface area (Å²) in [6.07, 6.45) is 3.39. The van der Waals surface area contributed by atoms with Crippen molar-refractivity contribution in [3.8, 4) is 5.88 Å². The molecule has 150 valence electrons. The molecule has 1 aromatic heterocycles. The van der Waals surface area contributed by atoms with Crippen LogP contribution in [0.25, 0.3) is 11.6 Å². The third-order valence-corrected chi connectivity index (χ3v) is 5.59. The number of thiazole rings is 1. The monoisotopic (exact) mass is 441 g/mol. The van der Waals surface area contributed by atoms with Crippen LogP contribution in [-0.4, -0.2) is 25.8 Å². The van der Waals surface area contributed by atoms with E-state index < -0.39 is 21.2 Å². The number of nitrogens with one attached hydrogen (secondary N) is 1. The molecule has 0 aliphatic carbocycles. The molecule has 4 rings (SSSR count). The number of nitro groups is 2. The number of non-ortho nitro benzene ring substituents is 1. The summed E-state index contributed by atoms with van der Waals surface area (Å²) in [6, 6.07) is 10.7. The number of benzene rings is 2. The molecule has 2 heterocycles. The Kier molecular flexibility index (Phi) is 4.85. The van der Waals surface area contributed by atoms with Crippen molar-refractivity contribution < 1.29 is 15.0 Å². The van der Waals surface area contributed by atoms with Crippen molar-refractivity contribution in [2.24, 2.45) is 4.99 Å². The predicted octanol–water partition coefficient (Wildman–Crippen LogP) is 4.93. The van der Waals surface area contributed by atoms with Gasteiger partial charge in [-0.15, -0.1) is 0 Å². The van der Waals surface area contributed by atoms with Crippen LogP contribution in [0.15, 0.2) is 47.5 Å². The van der Waals surface area contributed by atoms with E-state index in [4.69, 9.17) is 12.2 Å². The van der Waals surface area contributed by atoms with E-state index in [1.165, 1.54) is 6.07 Å². The van der Waals surface area contributed by atoms with E-state index in [0.29, 0.717) is 4.88 Å². The number of hydrogen-bond donors (Lipinski definition) is 2. The fourth-order valence-corrected chi connectivity index (χ4v) is 4.05. The van der Waals surface area contributed by atoms with Gasteiger partial charge in [0.1, 0.15) is 5.69 Å². The van der Waals surface area contributed by atoms with Crippen molar-refractivity contribution in [2.45, 2.75) is 0 Å². The quantitative estimate of drug-likeness (QED) is 0.325. The molecule has 0 atom stereocenters. The summed E-state index contributed by atoms with van der Waals surface area (Å²) in [5.74, 6) is -0.247. The van der Waals surface area contributed by atoms with Gasteiger partial charge in [-0.3, -0.25) is 30.6 Å². The molecule has 0 radical (unpaired) electrons. The third kappa shape index (κ3) is 3.44. The summed E-state index contributed by atoms with van der Waals surface area (Å²) in [6.45, 7) is 0. The van der Waals surface area contributed by atoms with E-state index in [1.54, 1.807) is 12.3 Å². The van der Waals surface area contributed by atoms with E-state index >= 15 is 0 Å². The molecule has 2 N–H and O–H groups in total. The molecule has 30 heavy (non-hydrogen) atoms. The SMILES string of the molecule is O=[N+]([O-])c1ccc(Nn2c(O)c(/C=C3\C=Nc4ccccc43)sc2=S)c([N+](=O)[O-])c1. The Morgan fingerprint density at radius 1 is 1.17 bits per heavy atom. The van der Waals surface area contributed by atoms with Gasteiger partial charge in [-0.05, 0) is 30.4 Å². The minimum absolute atomic E-state index is 0.0539. The van der Waals surface area contributed by atoms with Crippen molar-refractivity contribution >= 4 is 64.2 Å². The zero-order valence-electron chi connectivity index (χ0n) is 14.9. The van der Waals surface area contributed by atoms with Crippen molar-refractivity contribution in [2.75, 3.05) is 5.43 Å². The number of nitro benzene ring substituents is 2. The van der Waals surface area contributed by atoms with Gasteiger partial charge in [-0.2, -0.15) is 0 Å². The average molecular weight is 441 g/mol. The van der Waals surface area contributed by atoms with Crippen LogP contribution in [0.2, 0.25) is 0 Å². The summed E-state index contributed by atoms with van der Waals surface area (Å²) < 4.78 is 1.31. The van der Waals surface area contributed by atoms with Crippen molar-refractivity contribution in [3.63, 3.8) is 0 Å². The minimum atomic E-state index is -0.753. The summed E-state index contributed by atoms with van der Waals surface area (Å²) in [7, 11) is 0. The molecular weight excluding hydrogens is 430 g/mol. The number of nitrogens with zero attached hydrogens (tertiary/aromatic N) is 4. The second kappa shape index (κ2) is 7.50. The second-order valence-corrected chi connectivity index (χ2v) is 7.77. The molecule has 0 saturated heterocycles. The predicted molar refractivity (Wildman–Crippen MR) is 116 cm³/mol. The van der Waals surface area contributed by atoms with Gasteiger partial charge in [0.15, 0.2) is 3.95 Å². The number of allylic oxidation sites excluding steroid dienone is 1. The summed E-state index contributed by atoms with van der Waals surface area (Å²) in [5.41, 5.74) is 4.17. The van der Waals surface area contributed by atoms with Crippen LogP contribution in [0.3, 0.4) is 0 Å². The Morgan fingerprint density at radius 2 is 1.93 bits per heavy atom. The Morgan fingerprint density at radius 3 is 2.67 bits per heavy atom. The van der Waals surface area contributed by atoms with Gasteiger partial charge in [0.05, 0.1) is 26.5 Å². The van der Waals surface area contributed by atoms with Crippen LogP contribution >= 0.6 is 23.6 Å². The highest BCUT2D eigenvalue weighted by atomic mass is 32.1. The maximum atomic E-state index is 11.3. The number of fused-ring (bicyclic) bond motifs is 1. The number of aromatic hydroxyl groups is 1. The van der Waals surface area contributed by atoms with E-state index in [2.05, 4.69) is 10.4 Å². The molecule has 0 spiro atoms. The molecule has 1 aliphatic heterocycles. The van der Waals surface area contributed by atoms with Gasteiger partial charge < -0.3 is 5.11 Å². The lowest BCUT2D eigenvalue weighted by molar-refractivity contribution is -0.393. The smallest absolute Gasteiger partial charge is 0.300 e. The highest BCUT2D eigenvalue weighted by Crippen LogP contribution is 2.36. The first-order chi connectivity index (χ1) is 14.3. The van der Waals surface area contributed by atoms with E-state index in [0.717, 1.165) is 45.0 Å². The van der Waals surface area contributed by atoms with Gasteiger partial charge in [0, 0.05) is 23.4 Å². The molecule has 0 bridgehead atoms. The van der Waals surface area contributed by atoms with Crippen molar-refractivity contribution in [3.05, 3.63) is 77.1 Å². The Hall–Kier alpha value is -3.90. The first kappa shape index (κ1) is 19.4. The third-order valence-electron chi connectivity index (χ3n) is 4.28. The zero-order valence-corrected chi connectivity index (χ0v) is 16.5. The van der Waals surface area contributed by atoms with E-state index in [-0.39, 0.29) is 15.5 Å². The number of hydrogen-bond acceptors (Lipinski definition) is 9. The molecule has 2 aromatic carbocycles. The van der Waals surface area contributed by atoms with Gasteiger partial charge in [-0.25, -0.2) is 4.68 Å². The number of anilines is 1. The lowest BCUT2D eigenvalue weighted by Crippen LogP contribution is -2.10. The van der Waals surface area contributed by atoms with Crippen LogP contribution in [-0.2, 0) is 0 Å². The standard InChI is InChI=1S/C18H11N5O5S2/c24-17-16(7-10-9-19-13-4-2-1-3-12(10)13)30-18(29)21(17)20-14-6-5-11(22(25)26)8-15(14)23(27)28/h1-9,20,24H/b10-7+. The first-order valence-electron chi connectivity index (χ1n) is 8.35. The molecule has 0 saturated carbocycles. The molecule has 0 amide bonds. The number of rotatable bonds is 5. The Bertz CT molecular complexity index is 1320.